The average Bonchev–Trinajstić information content (AvgIpc) is 2.73. The van der Waals surface area contributed by atoms with Gasteiger partial charge in [-0.25, -0.2) is 9.18 Å². The molecule has 2 N–H and O–H groups in total. The minimum atomic E-state index is -0.792. The van der Waals surface area contributed by atoms with Crippen LogP contribution in [-0.2, 0) is 14.3 Å². The van der Waals surface area contributed by atoms with E-state index in [-0.39, 0.29) is 23.6 Å². The minimum absolute atomic E-state index is 0.0708. The molecule has 5 nitrogen and oxygen atoms in total. The minimum Gasteiger partial charge on any atom is -0.463 e. The normalized spacial score (nSPS) is 16.2. The van der Waals surface area contributed by atoms with Gasteiger partial charge in [0.25, 0.3) is 0 Å². The number of carbonyl (C=O) groups excluding carboxylic acids is 1. The highest BCUT2D eigenvalue weighted by Crippen LogP contribution is 2.41. The molecule has 2 aromatic carbocycles. The molecule has 0 saturated heterocycles. The van der Waals surface area contributed by atoms with E-state index in [1.807, 2.05) is 36.4 Å². The van der Waals surface area contributed by atoms with Gasteiger partial charge in [0.05, 0.1) is 23.9 Å². The first kappa shape index (κ1) is 20.5. The first-order valence-corrected chi connectivity index (χ1v) is 9.94. The Hall–Kier alpha value is -3.24. The maximum atomic E-state index is 13.4. The Labute approximate surface area is 172 Å². The van der Waals surface area contributed by atoms with Gasteiger partial charge in [0.15, 0.2) is 0 Å². The van der Waals surface area contributed by atoms with Crippen molar-refractivity contribution in [2.75, 3.05) is 12.4 Å². The van der Waals surface area contributed by atoms with E-state index in [0.717, 1.165) is 4.90 Å². The number of nitrogens with two attached hydrogens (primary N) is 1. The number of rotatable bonds is 6. The highest BCUT2D eigenvalue weighted by Gasteiger charge is 2.37. The quantitative estimate of drug-likeness (QED) is 0.566. The third-order valence-electron chi connectivity index (χ3n) is 4.31. The molecule has 3 rings (SSSR count). The zero-order valence-corrected chi connectivity index (χ0v) is 16.5. The number of ether oxygens (including phenoxy) is 2. The number of hydrogen-bond donors (Lipinski definition) is 1. The number of halogens is 1. The van der Waals surface area contributed by atoms with E-state index in [9.17, 15) is 14.4 Å². The third-order valence-corrected chi connectivity index (χ3v) is 5.32. The Morgan fingerprint density at radius 2 is 1.93 bits per heavy atom. The van der Waals surface area contributed by atoms with Crippen LogP contribution in [0.25, 0.3) is 0 Å². The van der Waals surface area contributed by atoms with Gasteiger partial charge >= 0.3 is 5.97 Å². The molecule has 148 valence electrons. The monoisotopic (exact) mass is 410 g/mol. The van der Waals surface area contributed by atoms with Crippen molar-refractivity contribution in [3.05, 3.63) is 88.8 Å². The Balaban J connectivity index is 2.07. The number of thioether (sulfide) groups is 1. The average molecular weight is 410 g/mol. The van der Waals surface area contributed by atoms with Crippen LogP contribution < -0.4 is 5.73 Å². The summed E-state index contributed by atoms with van der Waals surface area (Å²) in [5.41, 5.74) is 6.86. The molecule has 0 spiro atoms. The van der Waals surface area contributed by atoms with E-state index in [0.29, 0.717) is 17.1 Å². The molecule has 1 atom stereocenters. The smallest absolute Gasteiger partial charge is 0.338 e. The zero-order valence-electron chi connectivity index (χ0n) is 15.7. The third kappa shape index (κ3) is 4.61. The molecule has 2 aromatic rings. The maximum absolute atomic E-state index is 13.4. The highest BCUT2D eigenvalue weighted by molar-refractivity contribution is 7.99. The van der Waals surface area contributed by atoms with Crippen LogP contribution in [0.4, 0.5) is 4.39 Å². The Morgan fingerprint density at radius 3 is 2.55 bits per heavy atom. The van der Waals surface area contributed by atoms with Crippen LogP contribution in [-0.4, -0.2) is 18.3 Å². The van der Waals surface area contributed by atoms with Gasteiger partial charge in [-0.2, -0.15) is 5.26 Å². The maximum Gasteiger partial charge on any atom is 0.338 e. The number of esters is 1. The van der Waals surface area contributed by atoms with E-state index in [2.05, 4.69) is 0 Å². The van der Waals surface area contributed by atoms with E-state index in [4.69, 9.17) is 15.2 Å². The lowest BCUT2D eigenvalue weighted by atomic mass is 9.83. The second-order valence-electron chi connectivity index (χ2n) is 6.14. The van der Waals surface area contributed by atoms with Crippen LogP contribution in [0.2, 0.25) is 0 Å². The molecule has 0 radical (unpaired) electrons. The van der Waals surface area contributed by atoms with Crippen molar-refractivity contribution in [3.63, 3.8) is 0 Å². The van der Waals surface area contributed by atoms with Gasteiger partial charge in [0.2, 0.25) is 5.88 Å². The number of benzene rings is 2. The lowest BCUT2D eigenvalue weighted by Crippen LogP contribution is -2.27. The largest absolute Gasteiger partial charge is 0.463 e. The fraction of sp³-hybridized carbons (Fsp3) is 0.182. The molecule has 0 bridgehead atoms. The predicted octanol–water partition coefficient (Wildman–Crippen LogP) is 4.24. The number of nitrogens with zero attached hydrogens (tertiary/aromatic N) is 1. The van der Waals surface area contributed by atoms with Crippen LogP contribution in [0.5, 0.6) is 0 Å². The first-order chi connectivity index (χ1) is 14.0. The topological polar surface area (TPSA) is 85.3 Å². The number of allylic oxidation sites excluding steroid dienone is 1. The second kappa shape index (κ2) is 9.30. The van der Waals surface area contributed by atoms with Gasteiger partial charge in [-0.3, -0.25) is 0 Å². The van der Waals surface area contributed by atoms with Gasteiger partial charge in [0, 0.05) is 4.90 Å². The molecule has 1 aliphatic rings. The van der Waals surface area contributed by atoms with Crippen LogP contribution in [0.15, 0.2) is 82.3 Å². The SMILES string of the molecule is CCOC(=O)C1=C(CSc2ccccc2)OC(N)=C(C#N)C1c1ccc(F)cc1. The molecular formula is C22H19FN2O3S. The van der Waals surface area contributed by atoms with Crippen LogP contribution in [0, 0.1) is 17.1 Å². The number of carbonyl (C=O) groups is 1. The fourth-order valence-corrected chi connectivity index (χ4v) is 3.87. The van der Waals surface area contributed by atoms with Crippen molar-refractivity contribution in [2.24, 2.45) is 5.73 Å². The Kier molecular flexibility index (Phi) is 6.57. The van der Waals surface area contributed by atoms with Gasteiger partial charge < -0.3 is 15.2 Å². The van der Waals surface area contributed by atoms with Crippen LogP contribution >= 0.6 is 11.8 Å². The van der Waals surface area contributed by atoms with Gasteiger partial charge in [-0.15, -0.1) is 11.8 Å². The standard InChI is InChI=1S/C22H19FN2O3S/c1-2-27-22(26)20-18(13-29-16-6-4-3-5-7-16)28-21(25)17(12-24)19(20)14-8-10-15(23)11-9-14/h3-11,19H,2,13,25H2,1H3. The highest BCUT2D eigenvalue weighted by atomic mass is 32.2. The summed E-state index contributed by atoms with van der Waals surface area (Å²) >= 11 is 1.47. The molecule has 0 saturated carbocycles. The second-order valence-corrected chi connectivity index (χ2v) is 7.18. The van der Waals surface area contributed by atoms with Crippen molar-refractivity contribution in [1.82, 2.24) is 0 Å². The summed E-state index contributed by atoms with van der Waals surface area (Å²) in [6.45, 7) is 1.86. The molecule has 1 heterocycles. The summed E-state index contributed by atoms with van der Waals surface area (Å²) in [4.78, 5) is 13.8. The molecule has 0 aromatic heterocycles. The number of hydrogen-bond acceptors (Lipinski definition) is 6. The molecule has 0 fully saturated rings. The summed E-state index contributed by atoms with van der Waals surface area (Å²) in [6, 6.07) is 17.2. The van der Waals surface area contributed by atoms with Crippen molar-refractivity contribution in [1.29, 1.82) is 5.26 Å². The van der Waals surface area contributed by atoms with Gasteiger partial charge in [0.1, 0.15) is 23.2 Å². The fourth-order valence-electron chi connectivity index (χ4n) is 3.01. The molecule has 1 unspecified atom stereocenters. The van der Waals surface area contributed by atoms with E-state index in [1.165, 1.54) is 36.0 Å². The summed E-state index contributed by atoms with van der Waals surface area (Å²) < 4.78 is 24.4. The van der Waals surface area contributed by atoms with Gasteiger partial charge in [-0.05, 0) is 36.8 Å². The predicted molar refractivity (Wildman–Crippen MR) is 108 cm³/mol. The van der Waals surface area contributed by atoms with Crippen molar-refractivity contribution in [3.8, 4) is 6.07 Å². The number of nitriles is 1. The van der Waals surface area contributed by atoms with E-state index < -0.39 is 17.7 Å². The molecule has 0 aliphatic carbocycles. The molecule has 1 aliphatic heterocycles. The molecule has 0 amide bonds. The Morgan fingerprint density at radius 1 is 1.24 bits per heavy atom. The lowest BCUT2D eigenvalue weighted by molar-refractivity contribution is -0.139. The van der Waals surface area contributed by atoms with Crippen molar-refractivity contribution >= 4 is 17.7 Å². The summed E-state index contributed by atoms with van der Waals surface area (Å²) in [7, 11) is 0. The van der Waals surface area contributed by atoms with E-state index in [1.54, 1.807) is 6.92 Å². The summed E-state index contributed by atoms with van der Waals surface area (Å²) in [5.74, 6) is -1.24. The van der Waals surface area contributed by atoms with Crippen LogP contribution in [0.1, 0.15) is 18.4 Å². The van der Waals surface area contributed by atoms with Crippen molar-refractivity contribution in [2.45, 2.75) is 17.7 Å². The molecule has 7 heteroatoms. The van der Waals surface area contributed by atoms with E-state index >= 15 is 0 Å². The Bertz CT molecular complexity index is 995. The zero-order chi connectivity index (χ0) is 20.8. The summed E-state index contributed by atoms with van der Waals surface area (Å²) in [6.07, 6.45) is 0. The molecule has 29 heavy (non-hydrogen) atoms. The van der Waals surface area contributed by atoms with Gasteiger partial charge in [-0.1, -0.05) is 30.3 Å². The molecular weight excluding hydrogens is 391 g/mol. The summed E-state index contributed by atoms with van der Waals surface area (Å²) in [5, 5.41) is 9.65. The first-order valence-electron chi connectivity index (χ1n) is 8.96. The lowest BCUT2D eigenvalue weighted by Gasteiger charge is -2.28. The van der Waals surface area contributed by atoms with Crippen LogP contribution in [0.3, 0.4) is 0 Å². The van der Waals surface area contributed by atoms with Crippen molar-refractivity contribution < 1.29 is 18.7 Å².